The number of urea groups is 1. The number of imide groups is 2. The van der Waals surface area contributed by atoms with Gasteiger partial charge in [-0.2, -0.15) is 0 Å². The van der Waals surface area contributed by atoms with Crippen LogP contribution in [0.15, 0.2) is 28.7 Å². The van der Waals surface area contributed by atoms with Gasteiger partial charge >= 0.3 is 6.03 Å². The molecule has 2 fully saturated rings. The monoisotopic (exact) mass is 350 g/mol. The number of anilines is 1. The fraction of sp³-hybridized carbons (Fsp3) is 0.400. The number of benzene rings is 1. The third-order valence-electron chi connectivity index (χ3n) is 4.14. The van der Waals surface area contributed by atoms with Gasteiger partial charge in [0.1, 0.15) is 5.92 Å². The molecule has 3 rings (SSSR count). The molecule has 21 heavy (non-hydrogen) atoms. The molecule has 0 spiro atoms. The van der Waals surface area contributed by atoms with Gasteiger partial charge in [0.05, 0.1) is 5.69 Å². The number of carbonyl (C=O) groups excluding carboxylic acids is 3. The van der Waals surface area contributed by atoms with Crippen LogP contribution in [0.3, 0.4) is 0 Å². The van der Waals surface area contributed by atoms with Gasteiger partial charge in [-0.25, -0.2) is 9.69 Å². The largest absolute Gasteiger partial charge is 0.335 e. The predicted octanol–water partition coefficient (Wildman–Crippen LogP) is 2.84. The number of rotatable bonds is 2. The third kappa shape index (κ3) is 2.60. The molecule has 1 atom stereocenters. The number of hydrogen-bond donors (Lipinski definition) is 1. The van der Waals surface area contributed by atoms with Crippen LogP contribution in [0.4, 0.5) is 10.5 Å². The molecule has 1 aromatic carbocycles. The van der Waals surface area contributed by atoms with Crippen molar-refractivity contribution in [2.75, 3.05) is 4.90 Å². The lowest BCUT2D eigenvalue weighted by Crippen LogP contribution is -2.59. The lowest BCUT2D eigenvalue weighted by molar-refractivity contribution is -0.136. The van der Waals surface area contributed by atoms with Gasteiger partial charge in [-0.1, -0.05) is 34.8 Å². The van der Waals surface area contributed by atoms with Gasteiger partial charge in [-0.3, -0.25) is 14.9 Å². The molecule has 0 bridgehead atoms. The summed E-state index contributed by atoms with van der Waals surface area (Å²) in [6.07, 6.45) is 3.80. The first-order valence-electron chi connectivity index (χ1n) is 7.02. The number of barbiturate groups is 1. The highest BCUT2D eigenvalue weighted by molar-refractivity contribution is 9.10. The van der Waals surface area contributed by atoms with E-state index in [4.69, 9.17) is 0 Å². The van der Waals surface area contributed by atoms with Crippen molar-refractivity contribution in [2.24, 2.45) is 11.8 Å². The fourth-order valence-electron chi connectivity index (χ4n) is 3.16. The Morgan fingerprint density at radius 3 is 2.52 bits per heavy atom. The van der Waals surface area contributed by atoms with Crippen LogP contribution in [0, 0.1) is 11.8 Å². The van der Waals surface area contributed by atoms with Crippen molar-refractivity contribution in [3.8, 4) is 0 Å². The Bertz CT molecular complexity index is 611. The van der Waals surface area contributed by atoms with E-state index in [-0.39, 0.29) is 5.92 Å². The first-order valence-corrected chi connectivity index (χ1v) is 7.81. The minimum atomic E-state index is -0.746. The SMILES string of the molecule is O=C1NC(=O)N(c2cccc(Br)c2)C(=O)C1C1CCCC1. The summed E-state index contributed by atoms with van der Waals surface area (Å²) >= 11 is 3.33. The zero-order valence-corrected chi connectivity index (χ0v) is 12.9. The summed E-state index contributed by atoms with van der Waals surface area (Å²) in [6.45, 7) is 0. The Labute approximate surface area is 130 Å². The summed E-state index contributed by atoms with van der Waals surface area (Å²) in [7, 11) is 0. The molecule has 1 unspecified atom stereocenters. The molecule has 6 heteroatoms. The number of nitrogens with zero attached hydrogens (tertiary/aromatic N) is 1. The van der Waals surface area contributed by atoms with E-state index in [1.165, 1.54) is 0 Å². The molecule has 0 aromatic heterocycles. The Morgan fingerprint density at radius 1 is 1.14 bits per heavy atom. The summed E-state index contributed by atoms with van der Waals surface area (Å²) in [5, 5.41) is 2.32. The van der Waals surface area contributed by atoms with Gasteiger partial charge in [0.2, 0.25) is 11.8 Å². The highest BCUT2D eigenvalue weighted by Gasteiger charge is 2.45. The van der Waals surface area contributed by atoms with E-state index >= 15 is 0 Å². The van der Waals surface area contributed by atoms with Gasteiger partial charge in [0.15, 0.2) is 0 Å². The Balaban J connectivity index is 1.94. The molecule has 1 aliphatic heterocycles. The van der Waals surface area contributed by atoms with E-state index in [1.54, 1.807) is 18.2 Å². The zero-order chi connectivity index (χ0) is 15.0. The summed E-state index contributed by atoms with van der Waals surface area (Å²) in [4.78, 5) is 37.9. The Kier molecular flexibility index (Phi) is 3.80. The second kappa shape index (κ2) is 5.60. The molecule has 0 radical (unpaired) electrons. The molecular formula is C15H15BrN2O3. The minimum Gasteiger partial charge on any atom is -0.277 e. The predicted molar refractivity (Wildman–Crippen MR) is 80.6 cm³/mol. The van der Waals surface area contributed by atoms with Crippen LogP contribution in [-0.2, 0) is 9.59 Å². The second-order valence-corrected chi connectivity index (χ2v) is 6.39. The fourth-order valence-corrected chi connectivity index (χ4v) is 3.54. The van der Waals surface area contributed by atoms with E-state index in [0.29, 0.717) is 5.69 Å². The van der Waals surface area contributed by atoms with Crippen molar-refractivity contribution in [3.63, 3.8) is 0 Å². The van der Waals surface area contributed by atoms with Crippen LogP contribution >= 0.6 is 15.9 Å². The third-order valence-corrected chi connectivity index (χ3v) is 4.63. The van der Waals surface area contributed by atoms with Crippen molar-refractivity contribution < 1.29 is 14.4 Å². The molecule has 1 heterocycles. The van der Waals surface area contributed by atoms with Crippen molar-refractivity contribution in [1.82, 2.24) is 5.32 Å². The molecule has 4 amide bonds. The first-order chi connectivity index (χ1) is 10.1. The van der Waals surface area contributed by atoms with Crippen LogP contribution in [0.5, 0.6) is 0 Å². The van der Waals surface area contributed by atoms with Gasteiger partial charge in [-0.15, -0.1) is 0 Å². The van der Waals surface area contributed by atoms with Crippen molar-refractivity contribution in [3.05, 3.63) is 28.7 Å². The topological polar surface area (TPSA) is 66.5 Å². The van der Waals surface area contributed by atoms with Crippen molar-refractivity contribution in [2.45, 2.75) is 25.7 Å². The van der Waals surface area contributed by atoms with Crippen LogP contribution in [0.25, 0.3) is 0 Å². The summed E-state index contributed by atoms with van der Waals surface area (Å²) in [5.74, 6) is -1.57. The van der Waals surface area contributed by atoms with Gasteiger partial charge in [0, 0.05) is 4.47 Å². The molecule has 2 aliphatic rings. The maximum atomic E-state index is 12.7. The number of halogens is 1. The molecule has 1 aliphatic carbocycles. The summed E-state index contributed by atoms with van der Waals surface area (Å²) in [5.41, 5.74) is 0.474. The lowest BCUT2D eigenvalue weighted by Gasteiger charge is -2.32. The highest BCUT2D eigenvalue weighted by Crippen LogP contribution is 2.35. The Hall–Kier alpha value is -1.69. The first kappa shape index (κ1) is 14.3. The Morgan fingerprint density at radius 2 is 1.86 bits per heavy atom. The number of carbonyl (C=O) groups is 3. The molecule has 1 saturated carbocycles. The highest BCUT2D eigenvalue weighted by atomic mass is 79.9. The number of amides is 4. The average molecular weight is 351 g/mol. The molecule has 5 nitrogen and oxygen atoms in total. The van der Waals surface area contributed by atoms with Crippen LogP contribution in [-0.4, -0.2) is 17.8 Å². The quantitative estimate of drug-likeness (QED) is 0.834. The van der Waals surface area contributed by atoms with E-state index in [1.807, 2.05) is 6.07 Å². The maximum absolute atomic E-state index is 12.7. The lowest BCUT2D eigenvalue weighted by atomic mass is 9.87. The van der Waals surface area contributed by atoms with Gasteiger partial charge < -0.3 is 0 Å². The van der Waals surface area contributed by atoms with Gasteiger partial charge in [-0.05, 0) is 37.0 Å². The van der Waals surface area contributed by atoms with E-state index in [9.17, 15) is 14.4 Å². The molecule has 1 saturated heterocycles. The standard InChI is InChI=1S/C15H15BrN2O3/c16-10-6-3-7-11(8-10)18-14(20)12(9-4-1-2-5-9)13(19)17-15(18)21/h3,6-9,12H,1-2,4-5H2,(H,17,19,21). The number of hydrogen-bond acceptors (Lipinski definition) is 3. The molecular weight excluding hydrogens is 336 g/mol. The molecule has 1 N–H and O–H groups in total. The minimum absolute atomic E-state index is 0.0419. The van der Waals surface area contributed by atoms with E-state index < -0.39 is 23.8 Å². The van der Waals surface area contributed by atoms with Crippen molar-refractivity contribution >= 4 is 39.5 Å². The zero-order valence-electron chi connectivity index (χ0n) is 11.3. The molecule has 110 valence electrons. The summed E-state index contributed by atoms with van der Waals surface area (Å²) < 4.78 is 0.773. The van der Waals surface area contributed by atoms with Crippen LogP contribution in [0.1, 0.15) is 25.7 Å². The van der Waals surface area contributed by atoms with Crippen LogP contribution < -0.4 is 10.2 Å². The van der Waals surface area contributed by atoms with E-state index in [0.717, 1.165) is 35.1 Å². The molecule has 1 aromatic rings. The summed E-state index contributed by atoms with van der Waals surface area (Å²) in [6, 6.07) is 6.27. The average Bonchev–Trinajstić information content (AvgIpc) is 2.92. The van der Waals surface area contributed by atoms with Gasteiger partial charge in [0.25, 0.3) is 0 Å². The second-order valence-electron chi connectivity index (χ2n) is 5.47. The smallest absolute Gasteiger partial charge is 0.277 e. The normalized spacial score (nSPS) is 23.6. The van der Waals surface area contributed by atoms with E-state index in [2.05, 4.69) is 21.2 Å². The van der Waals surface area contributed by atoms with Crippen molar-refractivity contribution in [1.29, 1.82) is 0 Å². The number of nitrogens with one attached hydrogen (secondary N) is 1. The van der Waals surface area contributed by atoms with Crippen LogP contribution in [0.2, 0.25) is 0 Å². The maximum Gasteiger partial charge on any atom is 0.335 e.